The second kappa shape index (κ2) is 5.15. The minimum Gasteiger partial charge on any atom is -0.374 e. The van der Waals surface area contributed by atoms with Crippen LogP contribution >= 0.6 is 11.6 Å². The highest BCUT2D eigenvalue weighted by Gasteiger charge is 2.25. The summed E-state index contributed by atoms with van der Waals surface area (Å²) >= 11 is 6.08. The summed E-state index contributed by atoms with van der Waals surface area (Å²) in [5.41, 5.74) is 7.29. The second-order valence-electron chi connectivity index (χ2n) is 6.15. The number of anilines is 1. The topological polar surface area (TPSA) is 27.8 Å². The molecule has 0 saturated carbocycles. The summed E-state index contributed by atoms with van der Waals surface area (Å²) in [5.74, 6) is 0. The third kappa shape index (κ3) is 1.97. The van der Waals surface area contributed by atoms with Crippen molar-refractivity contribution in [3.63, 3.8) is 0 Å². The number of halogens is 1. The highest BCUT2D eigenvalue weighted by atomic mass is 35.5. The van der Waals surface area contributed by atoms with E-state index in [1.165, 1.54) is 33.2 Å². The molecule has 2 nitrogen and oxygen atoms in total. The third-order valence-corrected chi connectivity index (χ3v) is 5.02. The van der Waals surface area contributed by atoms with Gasteiger partial charge in [0.1, 0.15) is 0 Å². The van der Waals surface area contributed by atoms with E-state index in [-0.39, 0.29) is 6.04 Å². The Hall–Kier alpha value is -2.71. The van der Waals surface area contributed by atoms with Crippen molar-refractivity contribution in [2.24, 2.45) is 0 Å². The van der Waals surface area contributed by atoms with Gasteiger partial charge in [-0.05, 0) is 35.4 Å². The Bertz CT molecular complexity index is 1050. The molecule has 0 spiro atoms. The van der Waals surface area contributed by atoms with Crippen LogP contribution in [0.15, 0.2) is 72.9 Å². The predicted molar refractivity (Wildman–Crippen MR) is 101 cm³/mol. The van der Waals surface area contributed by atoms with E-state index in [2.05, 4.69) is 71.1 Å². The average molecular weight is 331 g/mol. The maximum absolute atomic E-state index is 6.08. The van der Waals surface area contributed by atoms with Crippen molar-refractivity contribution in [2.75, 3.05) is 5.32 Å². The van der Waals surface area contributed by atoms with Crippen LogP contribution in [0.5, 0.6) is 0 Å². The van der Waals surface area contributed by atoms with Gasteiger partial charge in [-0.2, -0.15) is 0 Å². The molecule has 0 saturated heterocycles. The molecule has 1 aromatic heterocycles. The Morgan fingerprint density at radius 2 is 1.58 bits per heavy atom. The molecule has 2 heterocycles. The lowest BCUT2D eigenvalue weighted by atomic mass is 9.96. The smallest absolute Gasteiger partial charge is 0.0788 e. The first-order chi connectivity index (χ1) is 11.8. The van der Waals surface area contributed by atoms with Crippen molar-refractivity contribution in [3.05, 3.63) is 89.1 Å². The molecule has 1 unspecified atom stereocenters. The number of hydrogen-bond donors (Lipinski definition) is 2. The lowest BCUT2D eigenvalue weighted by molar-refractivity contribution is 0.953. The van der Waals surface area contributed by atoms with E-state index in [9.17, 15) is 0 Å². The van der Waals surface area contributed by atoms with Crippen molar-refractivity contribution in [3.8, 4) is 11.1 Å². The maximum Gasteiger partial charge on any atom is 0.0788 e. The Morgan fingerprint density at radius 1 is 0.792 bits per heavy atom. The Labute approximate surface area is 145 Å². The molecule has 4 aromatic rings. The van der Waals surface area contributed by atoms with Crippen LogP contribution in [0.2, 0.25) is 5.02 Å². The van der Waals surface area contributed by atoms with E-state index in [0.29, 0.717) is 0 Å². The number of hydrogen-bond acceptors (Lipinski definition) is 1. The van der Waals surface area contributed by atoms with Crippen LogP contribution in [0, 0.1) is 0 Å². The molecule has 0 radical (unpaired) electrons. The molecular formula is C21H15ClN2. The van der Waals surface area contributed by atoms with Crippen LogP contribution in [0.1, 0.15) is 17.2 Å². The number of H-pyrrole nitrogens is 1. The van der Waals surface area contributed by atoms with Gasteiger partial charge in [0.15, 0.2) is 0 Å². The molecular weight excluding hydrogens is 316 g/mol. The Kier molecular flexibility index (Phi) is 2.94. The van der Waals surface area contributed by atoms with Gasteiger partial charge in [-0.25, -0.2) is 0 Å². The van der Waals surface area contributed by atoms with E-state index < -0.39 is 0 Å². The first-order valence-electron chi connectivity index (χ1n) is 8.03. The molecule has 2 N–H and O–H groups in total. The summed E-state index contributed by atoms with van der Waals surface area (Å²) in [6.07, 6.45) is 2.12. The van der Waals surface area contributed by atoms with Gasteiger partial charge in [-0.15, -0.1) is 0 Å². The van der Waals surface area contributed by atoms with E-state index in [0.717, 1.165) is 10.7 Å². The lowest BCUT2D eigenvalue weighted by Crippen LogP contribution is -2.11. The normalized spacial score (nSPS) is 15.6. The van der Waals surface area contributed by atoms with Gasteiger partial charge in [0.2, 0.25) is 0 Å². The maximum atomic E-state index is 6.08. The van der Waals surface area contributed by atoms with Crippen LogP contribution in [0.4, 0.5) is 5.69 Å². The average Bonchev–Trinajstić information content (AvgIpc) is 2.98. The summed E-state index contributed by atoms with van der Waals surface area (Å²) in [7, 11) is 0. The van der Waals surface area contributed by atoms with Crippen LogP contribution in [-0.4, -0.2) is 4.98 Å². The quantitative estimate of drug-likeness (QED) is 0.440. The zero-order valence-corrected chi connectivity index (χ0v) is 13.6. The van der Waals surface area contributed by atoms with Crippen molar-refractivity contribution >= 4 is 28.2 Å². The number of aromatic amines is 1. The predicted octanol–water partition coefficient (Wildman–Crippen LogP) is 6.00. The van der Waals surface area contributed by atoms with Crippen molar-refractivity contribution < 1.29 is 0 Å². The third-order valence-electron chi connectivity index (χ3n) is 4.77. The summed E-state index contributed by atoms with van der Waals surface area (Å²) in [5, 5.41) is 5.77. The van der Waals surface area contributed by atoms with Gasteiger partial charge in [0.25, 0.3) is 0 Å². The molecule has 5 rings (SSSR count). The molecule has 3 heteroatoms. The SMILES string of the molecule is Clc1ccc(C2Nc3ccccc3-c3cccc4[nH]cc2c34)cc1. The zero-order chi connectivity index (χ0) is 16.1. The van der Waals surface area contributed by atoms with Crippen LogP contribution in [-0.2, 0) is 0 Å². The lowest BCUT2D eigenvalue weighted by Gasteiger charge is -2.19. The van der Waals surface area contributed by atoms with E-state index >= 15 is 0 Å². The van der Waals surface area contributed by atoms with Gasteiger partial charge in [-0.3, -0.25) is 0 Å². The molecule has 24 heavy (non-hydrogen) atoms. The molecule has 1 aliphatic rings. The van der Waals surface area contributed by atoms with Crippen molar-refractivity contribution in [1.29, 1.82) is 0 Å². The molecule has 1 atom stereocenters. The second-order valence-corrected chi connectivity index (χ2v) is 6.58. The first-order valence-corrected chi connectivity index (χ1v) is 8.40. The fourth-order valence-corrected chi connectivity index (χ4v) is 3.78. The minimum absolute atomic E-state index is 0.0841. The number of nitrogens with one attached hydrogen (secondary N) is 2. The fraction of sp³-hybridized carbons (Fsp3) is 0.0476. The summed E-state index contributed by atoms with van der Waals surface area (Å²) in [6.45, 7) is 0. The minimum atomic E-state index is 0.0841. The molecule has 0 aliphatic carbocycles. The molecule has 0 amide bonds. The number of rotatable bonds is 1. The first kappa shape index (κ1) is 13.7. The number of benzene rings is 3. The number of fused-ring (bicyclic) bond motifs is 2. The standard InChI is InChI=1S/C21H15ClN2/c22-14-10-8-13(9-11-14)21-17-12-23-19-7-3-5-16(20(17)19)15-4-1-2-6-18(15)24-21/h1-12,21,23-24H. The highest BCUT2D eigenvalue weighted by Crippen LogP contribution is 2.43. The van der Waals surface area contributed by atoms with Gasteiger partial charge >= 0.3 is 0 Å². The van der Waals surface area contributed by atoms with Gasteiger partial charge in [-0.1, -0.05) is 54.1 Å². The molecule has 3 aromatic carbocycles. The molecule has 0 bridgehead atoms. The molecule has 116 valence electrons. The Morgan fingerprint density at radius 3 is 2.46 bits per heavy atom. The van der Waals surface area contributed by atoms with E-state index in [1.54, 1.807) is 0 Å². The summed E-state index contributed by atoms with van der Waals surface area (Å²) in [4.78, 5) is 3.42. The van der Waals surface area contributed by atoms with Crippen LogP contribution < -0.4 is 5.32 Å². The zero-order valence-electron chi connectivity index (χ0n) is 12.9. The fourth-order valence-electron chi connectivity index (χ4n) is 3.66. The highest BCUT2D eigenvalue weighted by molar-refractivity contribution is 6.30. The summed E-state index contributed by atoms with van der Waals surface area (Å²) in [6, 6.07) is 23.1. The van der Waals surface area contributed by atoms with Crippen LogP contribution in [0.3, 0.4) is 0 Å². The van der Waals surface area contributed by atoms with Gasteiger partial charge < -0.3 is 10.3 Å². The van der Waals surface area contributed by atoms with Crippen LogP contribution in [0.25, 0.3) is 22.0 Å². The van der Waals surface area contributed by atoms with E-state index in [4.69, 9.17) is 11.6 Å². The molecule has 1 aliphatic heterocycles. The van der Waals surface area contributed by atoms with Gasteiger partial charge in [0, 0.05) is 38.9 Å². The van der Waals surface area contributed by atoms with E-state index in [1.807, 2.05) is 12.1 Å². The number of para-hydroxylation sites is 1. The number of aromatic nitrogens is 1. The molecule has 0 fully saturated rings. The van der Waals surface area contributed by atoms with Gasteiger partial charge in [0.05, 0.1) is 6.04 Å². The van der Waals surface area contributed by atoms with Crippen molar-refractivity contribution in [1.82, 2.24) is 4.98 Å². The summed E-state index contributed by atoms with van der Waals surface area (Å²) < 4.78 is 0. The monoisotopic (exact) mass is 330 g/mol. The van der Waals surface area contributed by atoms with Crippen molar-refractivity contribution in [2.45, 2.75) is 6.04 Å². The largest absolute Gasteiger partial charge is 0.374 e. The Balaban J connectivity index is 1.83.